The summed E-state index contributed by atoms with van der Waals surface area (Å²) >= 11 is 0. The Morgan fingerprint density at radius 2 is 2.03 bits per heavy atom. The van der Waals surface area contributed by atoms with Crippen molar-refractivity contribution in [3.05, 3.63) is 90.0 Å². The highest BCUT2D eigenvalue weighted by atomic mass is 15.2. The largest absolute Gasteiger partial charge is 0.339 e. The van der Waals surface area contributed by atoms with Gasteiger partial charge in [-0.15, -0.1) is 0 Å². The van der Waals surface area contributed by atoms with Crippen molar-refractivity contribution in [2.45, 2.75) is 38.8 Å². The number of likely N-dealkylation sites (tertiary alicyclic amines) is 1. The van der Waals surface area contributed by atoms with Crippen molar-refractivity contribution in [3.8, 4) is 11.9 Å². The van der Waals surface area contributed by atoms with Gasteiger partial charge in [-0.3, -0.25) is 4.90 Å². The minimum Gasteiger partial charge on any atom is -0.339 e. The molecule has 0 aliphatic carbocycles. The number of nitrogens with zero attached hydrogens (tertiary/aromatic N) is 7. The van der Waals surface area contributed by atoms with Gasteiger partial charge in [0, 0.05) is 30.7 Å². The van der Waals surface area contributed by atoms with Crippen molar-refractivity contribution < 1.29 is 0 Å². The number of hydrogen-bond acceptors (Lipinski definition) is 7. The Labute approximate surface area is 199 Å². The van der Waals surface area contributed by atoms with E-state index in [4.69, 9.17) is 10.2 Å². The summed E-state index contributed by atoms with van der Waals surface area (Å²) in [5.41, 5.74) is 3.40. The maximum Gasteiger partial charge on any atom is 0.140 e. The first-order valence-electron chi connectivity index (χ1n) is 11.5. The van der Waals surface area contributed by atoms with E-state index in [2.05, 4.69) is 48.1 Å². The van der Waals surface area contributed by atoms with Gasteiger partial charge in [0.2, 0.25) is 0 Å². The van der Waals surface area contributed by atoms with Gasteiger partial charge in [-0.1, -0.05) is 12.5 Å². The molecule has 34 heavy (non-hydrogen) atoms. The predicted octanol–water partition coefficient (Wildman–Crippen LogP) is 4.71. The first-order chi connectivity index (χ1) is 16.7. The fourth-order valence-corrected chi connectivity index (χ4v) is 4.50. The van der Waals surface area contributed by atoms with E-state index in [-0.39, 0.29) is 6.04 Å². The number of aryl methyl sites for hydroxylation is 1. The lowest BCUT2D eigenvalue weighted by Crippen LogP contribution is -2.34. The molecule has 1 N–H and O–H groups in total. The smallest absolute Gasteiger partial charge is 0.140 e. The second-order valence-electron chi connectivity index (χ2n) is 8.43. The lowest BCUT2D eigenvalue weighted by atomic mass is 9.98. The molecule has 0 bridgehead atoms. The molecule has 4 aromatic heterocycles. The number of aromatic nitrogens is 5. The molecule has 1 aliphatic rings. The molecule has 1 atom stereocenters. The van der Waals surface area contributed by atoms with E-state index in [1.54, 1.807) is 12.3 Å². The number of anilines is 2. The molecule has 0 aromatic carbocycles. The van der Waals surface area contributed by atoms with Crippen LogP contribution in [0, 0.1) is 18.3 Å². The van der Waals surface area contributed by atoms with Crippen LogP contribution in [-0.4, -0.2) is 35.9 Å². The van der Waals surface area contributed by atoms with Gasteiger partial charge in [-0.05, 0) is 62.7 Å². The zero-order valence-electron chi connectivity index (χ0n) is 19.1. The highest BCUT2D eigenvalue weighted by molar-refractivity contribution is 5.55. The van der Waals surface area contributed by atoms with E-state index in [9.17, 15) is 0 Å². The summed E-state index contributed by atoms with van der Waals surface area (Å²) in [6.07, 6.45) is 8.94. The summed E-state index contributed by atoms with van der Waals surface area (Å²) in [6.45, 7) is 3.76. The minimum atomic E-state index is 0.210. The molecule has 0 unspecified atom stereocenters. The molecule has 0 saturated carbocycles. The van der Waals surface area contributed by atoms with Gasteiger partial charge in [-0.25, -0.2) is 19.9 Å². The van der Waals surface area contributed by atoms with Crippen molar-refractivity contribution in [3.63, 3.8) is 0 Å². The summed E-state index contributed by atoms with van der Waals surface area (Å²) in [4.78, 5) is 20.5. The molecular weight excluding hydrogens is 424 g/mol. The number of hydrogen-bond donors (Lipinski definition) is 1. The van der Waals surface area contributed by atoms with Crippen LogP contribution in [-0.2, 0) is 6.54 Å². The van der Waals surface area contributed by atoms with Crippen molar-refractivity contribution in [1.82, 2.24) is 29.4 Å². The SMILES string of the molecule is Cc1nc(Nc2ccc(C#N)nc2)cc([C@@H]2CCCCN2Cc2cccn2-c2ccccn2)n1. The first kappa shape index (κ1) is 21.7. The molecule has 5 rings (SSSR count). The Bertz CT molecular complexity index is 1290. The Morgan fingerprint density at radius 3 is 2.82 bits per heavy atom. The topological polar surface area (TPSA) is 95.6 Å². The van der Waals surface area contributed by atoms with Gasteiger partial charge in [0.15, 0.2) is 0 Å². The third kappa shape index (κ3) is 4.80. The molecule has 5 heterocycles. The van der Waals surface area contributed by atoms with Gasteiger partial charge in [0.25, 0.3) is 0 Å². The fraction of sp³-hybridized carbons (Fsp3) is 0.269. The van der Waals surface area contributed by atoms with Gasteiger partial charge in [0.05, 0.1) is 23.6 Å². The van der Waals surface area contributed by atoms with Crippen LogP contribution in [0.15, 0.2) is 67.1 Å². The van der Waals surface area contributed by atoms with Crippen molar-refractivity contribution >= 4 is 11.5 Å². The highest BCUT2D eigenvalue weighted by Gasteiger charge is 2.27. The average molecular weight is 451 g/mol. The normalized spacial score (nSPS) is 16.2. The quantitative estimate of drug-likeness (QED) is 0.454. The van der Waals surface area contributed by atoms with Crippen LogP contribution in [0.25, 0.3) is 5.82 Å². The van der Waals surface area contributed by atoms with Gasteiger partial charge < -0.3 is 9.88 Å². The molecule has 1 saturated heterocycles. The Hall–Kier alpha value is -4.09. The maximum atomic E-state index is 8.97. The Kier molecular flexibility index (Phi) is 6.27. The van der Waals surface area contributed by atoms with Crippen LogP contribution < -0.4 is 5.32 Å². The van der Waals surface area contributed by atoms with E-state index in [1.165, 1.54) is 18.5 Å². The highest BCUT2D eigenvalue weighted by Crippen LogP contribution is 2.32. The molecule has 8 nitrogen and oxygen atoms in total. The number of piperidine rings is 1. The summed E-state index contributed by atoms with van der Waals surface area (Å²) in [7, 11) is 0. The predicted molar refractivity (Wildman–Crippen MR) is 130 cm³/mol. The minimum absolute atomic E-state index is 0.210. The van der Waals surface area contributed by atoms with Crippen molar-refractivity contribution in [2.24, 2.45) is 0 Å². The van der Waals surface area contributed by atoms with Gasteiger partial charge in [0.1, 0.15) is 29.2 Å². The van der Waals surface area contributed by atoms with E-state index >= 15 is 0 Å². The lowest BCUT2D eigenvalue weighted by molar-refractivity contribution is 0.134. The number of nitrogens with one attached hydrogen (secondary N) is 1. The molecule has 170 valence electrons. The number of nitriles is 1. The monoisotopic (exact) mass is 450 g/mol. The molecule has 4 aromatic rings. The van der Waals surface area contributed by atoms with Gasteiger partial charge >= 0.3 is 0 Å². The molecule has 0 radical (unpaired) electrons. The third-order valence-electron chi connectivity index (χ3n) is 6.06. The zero-order chi connectivity index (χ0) is 23.3. The standard InChI is InChI=1S/C26H26N8/c1-19-30-23(15-25(31-19)32-21-11-10-20(16-27)29-17-21)24-8-3-5-13-33(24)18-22-7-6-14-34(22)26-9-2-4-12-28-26/h2,4,6-7,9-12,14-15,17,24H,3,5,8,13,18H2,1H3,(H,30,31,32)/t24-/m0/s1. The summed E-state index contributed by atoms with van der Waals surface area (Å²) < 4.78 is 2.15. The van der Waals surface area contributed by atoms with Crippen LogP contribution >= 0.6 is 0 Å². The zero-order valence-corrected chi connectivity index (χ0v) is 19.1. The first-order valence-corrected chi connectivity index (χ1v) is 11.5. The van der Waals surface area contributed by atoms with E-state index in [1.807, 2.05) is 49.5 Å². The summed E-state index contributed by atoms with van der Waals surface area (Å²) in [5.74, 6) is 2.39. The van der Waals surface area contributed by atoms with E-state index in [0.717, 1.165) is 48.4 Å². The third-order valence-corrected chi connectivity index (χ3v) is 6.06. The van der Waals surface area contributed by atoms with Gasteiger partial charge in [-0.2, -0.15) is 5.26 Å². The number of pyridine rings is 2. The summed E-state index contributed by atoms with van der Waals surface area (Å²) in [5, 5.41) is 12.3. The second kappa shape index (κ2) is 9.81. The molecular formula is C26H26N8. The maximum absolute atomic E-state index is 8.97. The molecule has 0 spiro atoms. The van der Waals surface area contributed by atoms with Crippen LogP contribution in [0.5, 0.6) is 0 Å². The summed E-state index contributed by atoms with van der Waals surface area (Å²) in [6, 6.07) is 18.0. The van der Waals surface area contributed by atoms with Crippen LogP contribution in [0.2, 0.25) is 0 Å². The van der Waals surface area contributed by atoms with Crippen molar-refractivity contribution in [2.75, 3.05) is 11.9 Å². The van der Waals surface area contributed by atoms with E-state index < -0.39 is 0 Å². The Morgan fingerprint density at radius 1 is 1.09 bits per heavy atom. The molecule has 1 aliphatic heterocycles. The van der Waals surface area contributed by atoms with Crippen LogP contribution in [0.3, 0.4) is 0 Å². The molecule has 8 heteroatoms. The van der Waals surface area contributed by atoms with Crippen LogP contribution in [0.4, 0.5) is 11.5 Å². The molecule has 0 amide bonds. The van der Waals surface area contributed by atoms with Crippen molar-refractivity contribution in [1.29, 1.82) is 5.26 Å². The number of rotatable bonds is 6. The molecule has 1 fully saturated rings. The van der Waals surface area contributed by atoms with E-state index in [0.29, 0.717) is 5.69 Å². The second-order valence-corrected chi connectivity index (χ2v) is 8.43. The van der Waals surface area contributed by atoms with Crippen LogP contribution in [0.1, 0.15) is 48.2 Å². The Balaban J connectivity index is 1.39. The fourth-order valence-electron chi connectivity index (χ4n) is 4.50. The lowest BCUT2D eigenvalue weighted by Gasteiger charge is -2.35. The average Bonchev–Trinajstić information content (AvgIpc) is 3.33.